The number of halogens is 3. The van der Waals surface area contributed by atoms with E-state index in [1.165, 1.54) is 16.7 Å². The van der Waals surface area contributed by atoms with Gasteiger partial charge in [-0.15, -0.1) is 0 Å². The molecule has 0 atom stereocenters. The SMILES string of the molecule is [B]C(C)(C)Nc1c(Nc2ccc(Br)cc2F)c(F)c(=O)n2c1CCC2. The van der Waals surface area contributed by atoms with Crippen LogP contribution in [0.25, 0.3) is 0 Å². The van der Waals surface area contributed by atoms with Crippen molar-refractivity contribution < 1.29 is 8.78 Å². The second-order valence-corrected chi connectivity index (χ2v) is 7.58. The summed E-state index contributed by atoms with van der Waals surface area (Å²) in [5.41, 5.74) is -0.509. The van der Waals surface area contributed by atoms with Crippen molar-refractivity contribution in [3.05, 3.63) is 50.4 Å². The molecule has 0 fully saturated rings. The fourth-order valence-corrected chi connectivity index (χ4v) is 3.27. The molecule has 2 heterocycles. The molecule has 2 radical (unpaired) electrons. The summed E-state index contributed by atoms with van der Waals surface area (Å²) in [5, 5.41) is 5.78. The van der Waals surface area contributed by atoms with Crippen LogP contribution >= 0.6 is 15.9 Å². The third kappa shape index (κ3) is 3.59. The quantitative estimate of drug-likeness (QED) is 0.755. The Morgan fingerprint density at radius 2 is 2.00 bits per heavy atom. The first-order valence-corrected chi connectivity index (χ1v) is 8.71. The van der Waals surface area contributed by atoms with Crippen molar-refractivity contribution in [2.75, 3.05) is 10.6 Å². The van der Waals surface area contributed by atoms with Gasteiger partial charge in [0, 0.05) is 16.7 Å². The second kappa shape index (κ2) is 6.48. The molecule has 0 amide bonds. The predicted molar refractivity (Wildman–Crippen MR) is 99.8 cm³/mol. The maximum absolute atomic E-state index is 14.8. The van der Waals surface area contributed by atoms with E-state index in [-0.39, 0.29) is 11.4 Å². The van der Waals surface area contributed by atoms with E-state index in [9.17, 15) is 13.6 Å². The van der Waals surface area contributed by atoms with Crippen molar-refractivity contribution in [3.63, 3.8) is 0 Å². The molecule has 1 aliphatic rings. The number of nitrogens with one attached hydrogen (secondary N) is 2. The number of rotatable bonds is 4. The van der Waals surface area contributed by atoms with E-state index in [1.54, 1.807) is 19.9 Å². The van der Waals surface area contributed by atoms with Crippen LogP contribution < -0.4 is 16.2 Å². The van der Waals surface area contributed by atoms with Gasteiger partial charge in [-0.3, -0.25) is 4.79 Å². The molecular weight excluding hydrogens is 391 g/mol. The molecule has 8 heteroatoms. The molecule has 0 saturated carbocycles. The van der Waals surface area contributed by atoms with Crippen molar-refractivity contribution in [2.45, 2.75) is 38.7 Å². The smallest absolute Gasteiger partial charge is 0.289 e. The lowest BCUT2D eigenvalue weighted by molar-refractivity contribution is 0.581. The third-order valence-electron chi connectivity index (χ3n) is 3.95. The van der Waals surface area contributed by atoms with Crippen LogP contribution in [0, 0.1) is 11.6 Å². The minimum Gasteiger partial charge on any atom is -0.385 e. The first kappa shape index (κ1) is 18.0. The number of benzene rings is 1. The van der Waals surface area contributed by atoms with Crippen LogP contribution in [0.1, 0.15) is 26.0 Å². The van der Waals surface area contributed by atoms with E-state index in [2.05, 4.69) is 26.6 Å². The minimum atomic E-state index is -0.959. The Morgan fingerprint density at radius 3 is 2.64 bits per heavy atom. The first-order chi connectivity index (χ1) is 11.7. The third-order valence-corrected chi connectivity index (χ3v) is 4.44. The van der Waals surface area contributed by atoms with E-state index >= 15 is 0 Å². The average Bonchev–Trinajstić information content (AvgIpc) is 2.99. The summed E-state index contributed by atoms with van der Waals surface area (Å²) in [5.74, 6) is -1.52. The lowest BCUT2D eigenvalue weighted by Gasteiger charge is -2.27. The summed E-state index contributed by atoms with van der Waals surface area (Å²) in [7, 11) is 6.03. The van der Waals surface area contributed by atoms with Gasteiger partial charge in [-0.05, 0) is 36.5 Å². The maximum atomic E-state index is 14.8. The molecule has 0 saturated heterocycles. The predicted octanol–water partition coefficient (Wildman–Crippen LogP) is 3.90. The van der Waals surface area contributed by atoms with Gasteiger partial charge in [0.1, 0.15) is 19.4 Å². The van der Waals surface area contributed by atoms with Gasteiger partial charge in [0.15, 0.2) is 0 Å². The van der Waals surface area contributed by atoms with Crippen LogP contribution in [-0.2, 0) is 13.0 Å². The summed E-state index contributed by atoms with van der Waals surface area (Å²) >= 11 is 3.18. The van der Waals surface area contributed by atoms with E-state index in [1.807, 2.05) is 0 Å². The van der Waals surface area contributed by atoms with Gasteiger partial charge in [0.05, 0.1) is 11.4 Å². The minimum absolute atomic E-state index is 0.0716. The second-order valence-electron chi connectivity index (χ2n) is 6.67. The van der Waals surface area contributed by atoms with E-state index in [0.29, 0.717) is 28.8 Å². The maximum Gasteiger partial charge on any atom is 0.289 e. The van der Waals surface area contributed by atoms with Gasteiger partial charge in [-0.1, -0.05) is 29.8 Å². The van der Waals surface area contributed by atoms with Crippen molar-refractivity contribution in [3.8, 4) is 0 Å². The Hall–Kier alpha value is -1.83. The van der Waals surface area contributed by atoms with E-state index < -0.39 is 22.6 Å². The standard InChI is InChI=1S/C17H17BBrF2N3O/c1-17(2,18)23-14-12-4-3-7-24(12)16(25)13(21)15(14)22-11-6-5-9(19)8-10(11)20/h5-6,8,22-23H,3-4,7H2,1-2H3. The van der Waals surface area contributed by atoms with Crippen LogP contribution in [0.2, 0.25) is 0 Å². The highest BCUT2D eigenvalue weighted by atomic mass is 79.9. The molecule has 4 nitrogen and oxygen atoms in total. The van der Waals surface area contributed by atoms with Crippen molar-refractivity contribution in [1.29, 1.82) is 0 Å². The fourth-order valence-electron chi connectivity index (χ4n) is 2.94. The number of anilines is 3. The summed E-state index contributed by atoms with van der Waals surface area (Å²) in [6, 6.07) is 4.37. The van der Waals surface area contributed by atoms with Gasteiger partial charge < -0.3 is 15.2 Å². The molecule has 0 bridgehead atoms. The largest absolute Gasteiger partial charge is 0.385 e. The molecule has 2 aromatic rings. The highest BCUT2D eigenvalue weighted by Crippen LogP contribution is 2.35. The number of fused-ring (bicyclic) bond motifs is 1. The summed E-state index contributed by atoms with van der Waals surface area (Å²) in [6.07, 6.45) is 1.36. The van der Waals surface area contributed by atoms with E-state index in [4.69, 9.17) is 7.85 Å². The topological polar surface area (TPSA) is 46.1 Å². The van der Waals surface area contributed by atoms with Crippen LogP contribution in [0.5, 0.6) is 0 Å². The first-order valence-electron chi connectivity index (χ1n) is 7.91. The Bertz CT molecular complexity index is 893. The van der Waals surface area contributed by atoms with Gasteiger partial charge >= 0.3 is 0 Å². The highest BCUT2D eigenvalue weighted by Gasteiger charge is 2.27. The molecule has 3 rings (SSSR count). The Labute approximate surface area is 154 Å². The zero-order valence-electron chi connectivity index (χ0n) is 13.9. The lowest BCUT2D eigenvalue weighted by Crippen LogP contribution is -2.34. The number of hydrogen-bond donors (Lipinski definition) is 2. The molecule has 25 heavy (non-hydrogen) atoms. The van der Waals surface area contributed by atoms with Crippen LogP contribution in [0.3, 0.4) is 0 Å². The van der Waals surface area contributed by atoms with E-state index in [0.717, 1.165) is 6.42 Å². The number of hydrogen-bond acceptors (Lipinski definition) is 3. The molecule has 0 unspecified atom stereocenters. The molecular formula is C17H17BBrF2N3O. The van der Waals surface area contributed by atoms with Crippen molar-refractivity contribution in [2.24, 2.45) is 0 Å². The number of pyridine rings is 1. The van der Waals surface area contributed by atoms with Crippen LogP contribution in [0.15, 0.2) is 27.5 Å². The van der Waals surface area contributed by atoms with Crippen LogP contribution in [0.4, 0.5) is 25.8 Å². The molecule has 1 aromatic carbocycles. The van der Waals surface area contributed by atoms with Gasteiger partial charge in [-0.25, -0.2) is 4.39 Å². The summed E-state index contributed by atoms with van der Waals surface area (Å²) < 4.78 is 30.9. The van der Waals surface area contributed by atoms with Crippen molar-refractivity contribution >= 4 is 40.8 Å². The van der Waals surface area contributed by atoms with Gasteiger partial charge in [-0.2, -0.15) is 4.39 Å². The van der Waals surface area contributed by atoms with Crippen LogP contribution in [-0.4, -0.2) is 17.9 Å². The summed E-state index contributed by atoms with van der Waals surface area (Å²) in [4.78, 5) is 12.3. The van der Waals surface area contributed by atoms with Gasteiger partial charge in [0.25, 0.3) is 5.56 Å². The average molecular weight is 408 g/mol. The molecule has 2 N–H and O–H groups in total. The molecule has 1 aliphatic heterocycles. The monoisotopic (exact) mass is 407 g/mol. The Kier molecular flexibility index (Phi) is 4.66. The Balaban J connectivity index is 2.17. The molecule has 1 aromatic heterocycles. The zero-order valence-corrected chi connectivity index (χ0v) is 15.5. The molecule has 0 aliphatic carbocycles. The molecule has 130 valence electrons. The zero-order chi connectivity index (χ0) is 18.4. The normalized spacial score (nSPS) is 13.6. The molecule has 0 spiro atoms. The fraction of sp³-hybridized carbons (Fsp3) is 0.353. The summed E-state index contributed by atoms with van der Waals surface area (Å²) in [6.45, 7) is 3.91. The number of nitrogens with zero attached hydrogens (tertiary/aromatic N) is 1. The van der Waals surface area contributed by atoms with Crippen molar-refractivity contribution in [1.82, 2.24) is 4.57 Å². The number of aromatic nitrogens is 1. The highest BCUT2D eigenvalue weighted by molar-refractivity contribution is 9.10. The lowest BCUT2D eigenvalue weighted by atomic mass is 9.81. The Morgan fingerprint density at radius 1 is 1.28 bits per heavy atom. The van der Waals surface area contributed by atoms with Gasteiger partial charge in [0.2, 0.25) is 5.82 Å².